The normalized spacial score (nSPS) is 14.9. The van der Waals surface area contributed by atoms with Gasteiger partial charge in [-0.3, -0.25) is 19.2 Å². The first-order valence-electron chi connectivity index (χ1n) is 11.6. The largest absolute Gasteiger partial charge is 0.385 e. The lowest BCUT2D eigenvalue weighted by atomic mass is 9.92. The van der Waals surface area contributed by atoms with Crippen LogP contribution in [0.25, 0.3) is 21.5 Å². The fraction of sp³-hybridized carbons (Fsp3) is 0.143. The Morgan fingerprint density at radius 3 is 1.71 bits per heavy atom. The summed E-state index contributed by atoms with van der Waals surface area (Å²) < 4.78 is 0. The molecule has 1 N–H and O–H groups in total. The summed E-state index contributed by atoms with van der Waals surface area (Å²) in [7, 11) is 0. The van der Waals surface area contributed by atoms with E-state index >= 15 is 0 Å². The molecule has 7 nitrogen and oxygen atoms in total. The molecule has 0 bridgehead atoms. The van der Waals surface area contributed by atoms with Crippen LogP contribution in [-0.4, -0.2) is 40.2 Å². The van der Waals surface area contributed by atoms with E-state index in [1.54, 1.807) is 48.5 Å². The van der Waals surface area contributed by atoms with Gasteiger partial charge in [0.25, 0.3) is 23.6 Å². The van der Waals surface area contributed by atoms with Crippen molar-refractivity contribution in [3.8, 4) is 0 Å². The fourth-order valence-corrected chi connectivity index (χ4v) is 5.02. The van der Waals surface area contributed by atoms with Crippen LogP contribution in [0.2, 0.25) is 0 Å². The highest BCUT2D eigenvalue weighted by Gasteiger charge is 2.45. The van der Waals surface area contributed by atoms with Crippen molar-refractivity contribution in [3.63, 3.8) is 0 Å². The second kappa shape index (κ2) is 7.77. The van der Waals surface area contributed by atoms with Gasteiger partial charge < -0.3 is 5.32 Å². The molecule has 0 radical (unpaired) electrons. The number of nitrogens with zero attached hydrogens (tertiary/aromatic N) is 2. The summed E-state index contributed by atoms with van der Waals surface area (Å²) in [5, 5.41) is 7.32. The van der Waals surface area contributed by atoms with Crippen molar-refractivity contribution in [1.82, 2.24) is 10.0 Å². The first-order chi connectivity index (χ1) is 17.0. The van der Waals surface area contributed by atoms with E-state index < -0.39 is 23.6 Å². The third-order valence-corrected chi connectivity index (χ3v) is 6.68. The molecule has 0 unspecified atom stereocenters. The molecule has 0 saturated heterocycles. The molecule has 2 heterocycles. The Morgan fingerprint density at radius 2 is 1.14 bits per heavy atom. The highest BCUT2D eigenvalue weighted by molar-refractivity contribution is 6.31. The van der Waals surface area contributed by atoms with E-state index in [0.717, 1.165) is 35.8 Å². The van der Waals surface area contributed by atoms with Crippen LogP contribution in [0.15, 0.2) is 66.7 Å². The summed E-state index contributed by atoms with van der Waals surface area (Å²) in [4.78, 5) is 54.4. The second-order valence-electron chi connectivity index (χ2n) is 8.72. The molecule has 0 aromatic heterocycles. The lowest BCUT2D eigenvalue weighted by Crippen LogP contribution is -2.58. The van der Waals surface area contributed by atoms with Gasteiger partial charge in [0.05, 0.1) is 22.3 Å². The van der Waals surface area contributed by atoms with Crippen molar-refractivity contribution >= 4 is 50.9 Å². The third-order valence-electron chi connectivity index (χ3n) is 6.68. The Hall–Kier alpha value is -4.52. The zero-order valence-corrected chi connectivity index (χ0v) is 19.0. The first kappa shape index (κ1) is 21.0. The van der Waals surface area contributed by atoms with Crippen molar-refractivity contribution in [3.05, 3.63) is 89.0 Å². The second-order valence-corrected chi connectivity index (χ2v) is 8.72. The molecule has 35 heavy (non-hydrogen) atoms. The Morgan fingerprint density at radius 1 is 0.629 bits per heavy atom. The van der Waals surface area contributed by atoms with Crippen LogP contribution in [0.1, 0.15) is 61.2 Å². The standard InChI is InChI=1S/C28H21N3O4/c1-2-3-15-29-22-14-13-21-24-17(22)9-6-12-20(24)27(34)31(28(21)35)30-25(32)18-10-4-7-16-8-5-11-19(23(16)18)26(30)33/h4-14,29H,2-3,15H2,1H3. The number of nitrogens with one attached hydrogen (secondary N) is 1. The molecule has 0 fully saturated rings. The van der Waals surface area contributed by atoms with E-state index in [4.69, 9.17) is 0 Å². The molecule has 2 aliphatic rings. The van der Waals surface area contributed by atoms with Gasteiger partial charge in [-0.15, -0.1) is 0 Å². The van der Waals surface area contributed by atoms with E-state index in [-0.39, 0.29) is 22.3 Å². The third kappa shape index (κ3) is 2.91. The minimum absolute atomic E-state index is 0.272. The summed E-state index contributed by atoms with van der Waals surface area (Å²) in [5.74, 6) is -2.80. The highest BCUT2D eigenvalue weighted by atomic mass is 16.2. The van der Waals surface area contributed by atoms with Gasteiger partial charge in [-0.05, 0) is 42.1 Å². The van der Waals surface area contributed by atoms with E-state index in [1.165, 1.54) is 0 Å². The Kier molecular flexibility index (Phi) is 4.67. The van der Waals surface area contributed by atoms with Crippen LogP contribution in [0.4, 0.5) is 5.69 Å². The number of amides is 4. The molecule has 2 aliphatic heterocycles. The van der Waals surface area contributed by atoms with E-state index in [2.05, 4.69) is 12.2 Å². The summed E-state index contributed by atoms with van der Waals surface area (Å²) in [5.41, 5.74) is 1.93. The lowest BCUT2D eigenvalue weighted by molar-refractivity contribution is 0.00212. The van der Waals surface area contributed by atoms with Crippen molar-refractivity contribution in [2.75, 3.05) is 11.9 Å². The van der Waals surface area contributed by atoms with Crippen molar-refractivity contribution in [2.24, 2.45) is 0 Å². The van der Waals surface area contributed by atoms with E-state index in [0.29, 0.717) is 20.8 Å². The number of unbranched alkanes of at least 4 members (excludes halogenated alkanes) is 1. The fourth-order valence-electron chi connectivity index (χ4n) is 5.02. The maximum absolute atomic E-state index is 13.7. The van der Waals surface area contributed by atoms with Crippen molar-refractivity contribution in [1.29, 1.82) is 0 Å². The van der Waals surface area contributed by atoms with Crippen LogP contribution in [-0.2, 0) is 0 Å². The van der Waals surface area contributed by atoms with Gasteiger partial charge in [-0.25, -0.2) is 0 Å². The van der Waals surface area contributed by atoms with Gasteiger partial charge in [0.1, 0.15) is 0 Å². The summed E-state index contributed by atoms with van der Waals surface area (Å²) in [6, 6.07) is 19.0. The number of imide groups is 2. The van der Waals surface area contributed by atoms with Crippen LogP contribution in [0, 0.1) is 0 Å². The van der Waals surface area contributed by atoms with Gasteiger partial charge in [-0.2, -0.15) is 10.0 Å². The molecular weight excluding hydrogens is 442 g/mol. The Balaban J connectivity index is 1.48. The van der Waals surface area contributed by atoms with Gasteiger partial charge in [0.15, 0.2) is 0 Å². The number of anilines is 1. The average molecular weight is 463 g/mol. The van der Waals surface area contributed by atoms with Gasteiger partial charge in [0, 0.05) is 28.4 Å². The molecule has 6 rings (SSSR count). The van der Waals surface area contributed by atoms with Gasteiger partial charge in [-0.1, -0.05) is 49.7 Å². The number of benzene rings is 4. The molecule has 0 saturated carbocycles. The predicted molar refractivity (Wildman–Crippen MR) is 132 cm³/mol. The van der Waals surface area contributed by atoms with Crippen LogP contribution in [0.5, 0.6) is 0 Å². The van der Waals surface area contributed by atoms with Gasteiger partial charge in [0.2, 0.25) is 0 Å². The van der Waals surface area contributed by atoms with Crippen molar-refractivity contribution < 1.29 is 19.2 Å². The quantitative estimate of drug-likeness (QED) is 0.332. The summed E-state index contributed by atoms with van der Waals surface area (Å²) in [6.45, 7) is 2.87. The molecule has 4 amide bonds. The topological polar surface area (TPSA) is 86.8 Å². The van der Waals surface area contributed by atoms with Crippen LogP contribution < -0.4 is 5.32 Å². The highest BCUT2D eigenvalue weighted by Crippen LogP contribution is 2.37. The SMILES string of the molecule is CCCCNc1ccc2c3c(cccc13)C(=O)N(N1C(=O)c3cccc4cccc(c34)C1=O)C2=O. The monoisotopic (exact) mass is 463 g/mol. The van der Waals surface area contributed by atoms with Crippen LogP contribution in [0.3, 0.4) is 0 Å². The van der Waals surface area contributed by atoms with E-state index in [9.17, 15) is 19.2 Å². The molecule has 0 aliphatic carbocycles. The Bertz CT molecular complexity index is 1530. The minimum Gasteiger partial charge on any atom is -0.385 e. The number of carbonyl (C=O) groups excluding carboxylic acids is 4. The zero-order valence-electron chi connectivity index (χ0n) is 19.0. The van der Waals surface area contributed by atoms with Crippen LogP contribution >= 0.6 is 0 Å². The number of hydrogen-bond donors (Lipinski definition) is 1. The number of hydrazine groups is 1. The average Bonchev–Trinajstić information content (AvgIpc) is 2.88. The maximum atomic E-state index is 13.7. The van der Waals surface area contributed by atoms with Crippen molar-refractivity contribution in [2.45, 2.75) is 19.8 Å². The summed E-state index contributed by atoms with van der Waals surface area (Å²) in [6.07, 6.45) is 2.02. The van der Waals surface area contributed by atoms with Gasteiger partial charge >= 0.3 is 0 Å². The first-order valence-corrected chi connectivity index (χ1v) is 11.6. The predicted octanol–water partition coefficient (Wildman–Crippen LogP) is 5.01. The molecule has 0 spiro atoms. The van der Waals surface area contributed by atoms with E-state index in [1.807, 2.05) is 18.2 Å². The molecular formula is C28H21N3O4. The lowest BCUT2D eigenvalue weighted by Gasteiger charge is -2.36. The zero-order chi connectivity index (χ0) is 24.3. The molecule has 4 aromatic rings. The molecule has 7 heteroatoms. The number of carbonyl (C=O) groups is 4. The minimum atomic E-state index is -0.702. The molecule has 0 atom stereocenters. The number of rotatable bonds is 5. The maximum Gasteiger partial charge on any atom is 0.281 e. The summed E-state index contributed by atoms with van der Waals surface area (Å²) >= 11 is 0. The number of hydrogen-bond acceptors (Lipinski definition) is 5. The molecule has 4 aromatic carbocycles. The molecule has 172 valence electrons. The smallest absolute Gasteiger partial charge is 0.281 e. The Labute approximate surface area is 200 Å².